The molecular weight excluding hydrogens is 326 g/mol. The van der Waals surface area contributed by atoms with E-state index in [-0.39, 0.29) is 6.04 Å². The van der Waals surface area contributed by atoms with E-state index >= 15 is 0 Å². The Morgan fingerprint density at radius 2 is 1.73 bits per heavy atom. The predicted molar refractivity (Wildman–Crippen MR) is 108 cm³/mol. The number of nitrogens with zero attached hydrogens (tertiary/aromatic N) is 2. The van der Waals surface area contributed by atoms with Crippen LogP contribution in [0, 0.1) is 0 Å². The van der Waals surface area contributed by atoms with Gasteiger partial charge in [-0.05, 0) is 31.2 Å². The van der Waals surface area contributed by atoms with Crippen LogP contribution in [0.3, 0.4) is 0 Å². The van der Waals surface area contributed by atoms with E-state index in [0.29, 0.717) is 5.56 Å². The van der Waals surface area contributed by atoms with Crippen LogP contribution in [0.5, 0.6) is 0 Å². The van der Waals surface area contributed by atoms with Crippen LogP contribution in [-0.2, 0) is 0 Å². The number of carbonyl (C=O) groups is 1. The van der Waals surface area contributed by atoms with Gasteiger partial charge in [-0.1, -0.05) is 24.3 Å². The van der Waals surface area contributed by atoms with Crippen molar-refractivity contribution < 1.29 is 4.79 Å². The Hall–Kier alpha value is -2.73. The van der Waals surface area contributed by atoms with Gasteiger partial charge in [-0.15, -0.1) is 0 Å². The van der Waals surface area contributed by atoms with Gasteiger partial charge in [0.1, 0.15) is 0 Å². The number of hydrogen-bond acceptors (Lipinski definition) is 5. The molecule has 0 spiro atoms. The summed E-state index contributed by atoms with van der Waals surface area (Å²) < 4.78 is 0. The molecule has 0 radical (unpaired) electrons. The lowest BCUT2D eigenvalue weighted by Crippen LogP contribution is -2.49. The van der Waals surface area contributed by atoms with Gasteiger partial charge in [0.2, 0.25) is 0 Å². The lowest BCUT2D eigenvalue weighted by atomic mass is 10.1. The van der Waals surface area contributed by atoms with Crippen LogP contribution in [0.4, 0.5) is 17.1 Å². The highest BCUT2D eigenvalue weighted by atomic mass is 16.1. The number of primary amides is 1. The summed E-state index contributed by atoms with van der Waals surface area (Å²) in [7, 11) is 0. The third-order valence-corrected chi connectivity index (χ3v) is 4.78. The first-order valence-electron chi connectivity index (χ1n) is 9.02. The largest absolute Gasteiger partial charge is 0.397 e. The van der Waals surface area contributed by atoms with Crippen LogP contribution in [0.25, 0.3) is 0 Å². The normalized spacial score (nSPS) is 16.3. The van der Waals surface area contributed by atoms with Crippen LogP contribution < -0.4 is 21.7 Å². The quantitative estimate of drug-likeness (QED) is 0.691. The summed E-state index contributed by atoms with van der Waals surface area (Å²) in [5.41, 5.74) is 14.8. The van der Waals surface area contributed by atoms with Crippen molar-refractivity contribution in [2.24, 2.45) is 5.73 Å². The number of rotatable bonds is 6. The molecule has 1 aliphatic rings. The third-order valence-electron chi connectivity index (χ3n) is 4.78. The molecule has 0 aliphatic carbocycles. The van der Waals surface area contributed by atoms with Gasteiger partial charge in [0.15, 0.2) is 0 Å². The van der Waals surface area contributed by atoms with Crippen molar-refractivity contribution in [3.63, 3.8) is 0 Å². The zero-order valence-corrected chi connectivity index (χ0v) is 15.2. The van der Waals surface area contributed by atoms with Crippen LogP contribution in [0.2, 0.25) is 0 Å². The van der Waals surface area contributed by atoms with Gasteiger partial charge in [-0.3, -0.25) is 9.69 Å². The van der Waals surface area contributed by atoms with Crippen LogP contribution in [0.15, 0.2) is 48.5 Å². The van der Waals surface area contributed by atoms with Gasteiger partial charge in [0.25, 0.3) is 5.91 Å². The third kappa shape index (κ3) is 4.26. The lowest BCUT2D eigenvalue weighted by Gasteiger charge is -2.37. The molecule has 1 atom stereocenters. The second kappa shape index (κ2) is 8.10. The Labute approximate surface area is 154 Å². The standard InChI is InChI=1S/C20H27N5O/c1-15(23-18-8-4-2-6-16(18)20(22)26)14-24-10-12-25(13-11-24)19-9-5-3-7-17(19)21/h2-9,15,23H,10-14,21H2,1H3,(H2,22,26). The molecule has 26 heavy (non-hydrogen) atoms. The summed E-state index contributed by atoms with van der Waals surface area (Å²) in [6, 6.07) is 15.6. The Morgan fingerprint density at radius 3 is 2.42 bits per heavy atom. The highest BCUT2D eigenvalue weighted by molar-refractivity contribution is 5.98. The van der Waals surface area contributed by atoms with Gasteiger partial charge in [0.05, 0.1) is 16.9 Å². The van der Waals surface area contributed by atoms with E-state index in [1.165, 1.54) is 0 Å². The molecule has 1 saturated heterocycles. The van der Waals surface area contributed by atoms with Crippen molar-refractivity contribution in [2.75, 3.05) is 48.7 Å². The number of carbonyl (C=O) groups excluding carboxylic acids is 1. The molecule has 6 nitrogen and oxygen atoms in total. The first-order valence-corrected chi connectivity index (χ1v) is 9.02. The molecule has 0 saturated carbocycles. The molecule has 3 rings (SSSR count). The van der Waals surface area contributed by atoms with E-state index in [0.717, 1.165) is 49.8 Å². The molecular formula is C20H27N5O. The highest BCUT2D eigenvalue weighted by Gasteiger charge is 2.20. The van der Waals surface area contributed by atoms with Crippen LogP contribution in [0.1, 0.15) is 17.3 Å². The average molecular weight is 353 g/mol. The summed E-state index contributed by atoms with van der Waals surface area (Å²) >= 11 is 0. The van der Waals surface area contributed by atoms with E-state index < -0.39 is 5.91 Å². The first-order chi connectivity index (χ1) is 12.5. The Bertz CT molecular complexity index is 755. The number of benzene rings is 2. The van der Waals surface area contributed by atoms with Crippen molar-refractivity contribution in [2.45, 2.75) is 13.0 Å². The molecule has 1 amide bonds. The minimum atomic E-state index is -0.408. The fourth-order valence-corrected chi connectivity index (χ4v) is 3.47. The summed E-state index contributed by atoms with van der Waals surface area (Å²) in [4.78, 5) is 16.3. The molecule has 0 aromatic heterocycles. The van der Waals surface area contributed by atoms with Crippen molar-refractivity contribution >= 4 is 23.0 Å². The molecule has 1 unspecified atom stereocenters. The highest BCUT2D eigenvalue weighted by Crippen LogP contribution is 2.23. The topological polar surface area (TPSA) is 87.6 Å². The summed E-state index contributed by atoms with van der Waals surface area (Å²) in [5, 5.41) is 3.42. The maximum atomic E-state index is 11.5. The zero-order chi connectivity index (χ0) is 18.5. The zero-order valence-electron chi connectivity index (χ0n) is 15.2. The average Bonchev–Trinajstić information content (AvgIpc) is 2.63. The Kier molecular flexibility index (Phi) is 5.63. The number of amides is 1. The van der Waals surface area contributed by atoms with E-state index in [4.69, 9.17) is 11.5 Å². The molecule has 1 heterocycles. The second-order valence-corrected chi connectivity index (χ2v) is 6.80. The smallest absolute Gasteiger partial charge is 0.250 e. The van der Waals surface area contributed by atoms with Gasteiger partial charge >= 0.3 is 0 Å². The monoisotopic (exact) mass is 353 g/mol. The lowest BCUT2D eigenvalue weighted by molar-refractivity contribution is 0.100. The summed E-state index contributed by atoms with van der Waals surface area (Å²) in [6.07, 6.45) is 0. The summed E-state index contributed by atoms with van der Waals surface area (Å²) in [6.45, 7) is 6.91. The van der Waals surface area contributed by atoms with Crippen LogP contribution in [-0.4, -0.2) is 49.6 Å². The van der Waals surface area contributed by atoms with Gasteiger partial charge in [-0.25, -0.2) is 0 Å². The van der Waals surface area contributed by atoms with Gasteiger partial charge in [0, 0.05) is 44.5 Å². The molecule has 2 aromatic rings. The van der Waals surface area contributed by atoms with E-state index in [9.17, 15) is 4.79 Å². The van der Waals surface area contributed by atoms with E-state index in [1.54, 1.807) is 6.07 Å². The summed E-state index contributed by atoms with van der Waals surface area (Å²) in [5.74, 6) is -0.408. The number of nitrogens with one attached hydrogen (secondary N) is 1. The van der Waals surface area contributed by atoms with Crippen LogP contribution >= 0.6 is 0 Å². The number of hydrogen-bond donors (Lipinski definition) is 3. The number of nitrogen functional groups attached to an aromatic ring is 1. The molecule has 6 heteroatoms. The minimum Gasteiger partial charge on any atom is -0.397 e. The second-order valence-electron chi connectivity index (χ2n) is 6.80. The Balaban J connectivity index is 1.53. The van der Waals surface area contributed by atoms with Crippen molar-refractivity contribution in [1.82, 2.24) is 4.90 Å². The molecule has 5 N–H and O–H groups in total. The number of para-hydroxylation sites is 3. The maximum absolute atomic E-state index is 11.5. The molecule has 138 valence electrons. The van der Waals surface area contributed by atoms with E-state index in [2.05, 4.69) is 28.1 Å². The molecule has 1 aliphatic heterocycles. The predicted octanol–water partition coefficient (Wildman–Crippen LogP) is 1.99. The molecule has 0 bridgehead atoms. The van der Waals surface area contributed by atoms with Crippen molar-refractivity contribution in [3.05, 3.63) is 54.1 Å². The van der Waals surface area contributed by atoms with Gasteiger partial charge < -0.3 is 21.7 Å². The van der Waals surface area contributed by atoms with Crippen molar-refractivity contribution in [3.8, 4) is 0 Å². The number of piperazine rings is 1. The fraction of sp³-hybridized carbons (Fsp3) is 0.350. The Morgan fingerprint density at radius 1 is 1.08 bits per heavy atom. The van der Waals surface area contributed by atoms with E-state index in [1.807, 2.05) is 36.4 Å². The number of anilines is 3. The fourth-order valence-electron chi connectivity index (χ4n) is 3.47. The molecule has 2 aromatic carbocycles. The number of nitrogens with two attached hydrogens (primary N) is 2. The van der Waals surface area contributed by atoms with Crippen molar-refractivity contribution in [1.29, 1.82) is 0 Å². The van der Waals surface area contributed by atoms with Gasteiger partial charge in [-0.2, -0.15) is 0 Å². The first kappa shape index (κ1) is 18.1. The molecule has 1 fully saturated rings. The maximum Gasteiger partial charge on any atom is 0.250 e. The SMILES string of the molecule is CC(CN1CCN(c2ccccc2N)CC1)Nc1ccccc1C(N)=O. The minimum absolute atomic E-state index is 0.212.